The van der Waals surface area contributed by atoms with Gasteiger partial charge in [-0.05, 0) is 56.9 Å². The molecule has 1 heterocycles. The number of aryl methyl sites for hydroxylation is 3. The molecule has 0 saturated carbocycles. The minimum Gasteiger partial charge on any atom is -0.505 e. The molecule has 0 fully saturated rings. The number of hydrogen-bond donors (Lipinski definition) is 1. The van der Waals surface area contributed by atoms with Gasteiger partial charge in [0.25, 0.3) is 10.0 Å². The minimum absolute atomic E-state index is 0.0599. The number of hydrogen-bond acceptors (Lipinski definition) is 3. The van der Waals surface area contributed by atoms with Crippen LogP contribution in [0.1, 0.15) is 30.0 Å². The van der Waals surface area contributed by atoms with Crippen molar-refractivity contribution in [1.29, 1.82) is 0 Å². The van der Waals surface area contributed by atoms with Gasteiger partial charge in [0.1, 0.15) is 5.75 Å². The van der Waals surface area contributed by atoms with E-state index in [0.29, 0.717) is 11.3 Å². The molecule has 0 aromatic heterocycles. The van der Waals surface area contributed by atoms with E-state index in [1.807, 2.05) is 26.0 Å². The summed E-state index contributed by atoms with van der Waals surface area (Å²) in [5, 5.41) is 10.5. The highest BCUT2D eigenvalue weighted by molar-refractivity contribution is 7.92. The van der Waals surface area contributed by atoms with E-state index in [2.05, 4.69) is 0 Å². The molecule has 3 rings (SSSR count). The summed E-state index contributed by atoms with van der Waals surface area (Å²) in [6.45, 7) is 5.59. The van der Waals surface area contributed by atoms with E-state index in [1.165, 1.54) is 4.31 Å². The number of phenols is 1. The van der Waals surface area contributed by atoms with Crippen LogP contribution in [-0.2, 0) is 16.4 Å². The van der Waals surface area contributed by atoms with Gasteiger partial charge in [0.15, 0.2) is 0 Å². The van der Waals surface area contributed by atoms with Gasteiger partial charge in [0.2, 0.25) is 0 Å². The summed E-state index contributed by atoms with van der Waals surface area (Å²) in [6.07, 6.45) is 1.50. The fourth-order valence-electron chi connectivity index (χ4n) is 3.05. The van der Waals surface area contributed by atoms with E-state index in [0.717, 1.165) is 24.0 Å². The second kappa shape index (κ2) is 5.57. The molecule has 1 atom stereocenters. The zero-order valence-corrected chi connectivity index (χ0v) is 14.4. The molecule has 2 aromatic rings. The van der Waals surface area contributed by atoms with E-state index in [4.69, 9.17) is 0 Å². The van der Waals surface area contributed by atoms with E-state index in [1.54, 1.807) is 31.2 Å². The van der Waals surface area contributed by atoms with Gasteiger partial charge in [0.05, 0.1) is 10.6 Å². The highest BCUT2D eigenvalue weighted by Crippen LogP contribution is 2.42. The van der Waals surface area contributed by atoms with Crippen molar-refractivity contribution >= 4 is 15.7 Å². The Labute approximate surface area is 137 Å². The third kappa shape index (κ3) is 2.59. The smallest absolute Gasteiger partial charge is 0.264 e. The van der Waals surface area contributed by atoms with Gasteiger partial charge < -0.3 is 5.11 Å². The van der Waals surface area contributed by atoms with Crippen LogP contribution in [0, 0.1) is 13.8 Å². The first-order chi connectivity index (χ1) is 10.8. The number of rotatable bonds is 2. The Morgan fingerprint density at radius 1 is 1.09 bits per heavy atom. The van der Waals surface area contributed by atoms with E-state index >= 15 is 0 Å². The number of phenolic OH excluding ortho intramolecular Hbond substituents is 1. The standard InChI is InChI=1S/C18H21NO3S/c1-12-4-10-16(11-5-12)23(21,22)19-14(3)7-9-15-8-6-13(2)18(20)17(15)19/h4-6,8,10-11,14,20H,7,9H2,1-3H3. The van der Waals surface area contributed by atoms with Gasteiger partial charge in [0, 0.05) is 6.04 Å². The Hall–Kier alpha value is -2.01. The maximum absolute atomic E-state index is 13.2. The molecule has 1 aliphatic rings. The Balaban J connectivity index is 2.20. The summed E-state index contributed by atoms with van der Waals surface area (Å²) in [7, 11) is -3.71. The molecule has 122 valence electrons. The molecule has 0 amide bonds. The molecule has 1 unspecified atom stereocenters. The number of nitrogens with zero attached hydrogens (tertiary/aromatic N) is 1. The SMILES string of the molecule is Cc1ccc(S(=O)(=O)N2c3c(ccc(C)c3O)CCC2C)cc1. The van der Waals surface area contributed by atoms with Crippen molar-refractivity contribution in [3.8, 4) is 5.75 Å². The lowest BCUT2D eigenvalue weighted by molar-refractivity contribution is 0.464. The van der Waals surface area contributed by atoms with Crippen LogP contribution in [0.5, 0.6) is 5.75 Å². The molecule has 23 heavy (non-hydrogen) atoms. The van der Waals surface area contributed by atoms with Crippen molar-refractivity contribution in [2.45, 2.75) is 44.6 Å². The molecule has 0 spiro atoms. The topological polar surface area (TPSA) is 57.6 Å². The summed E-state index contributed by atoms with van der Waals surface area (Å²) < 4.78 is 27.7. The van der Waals surface area contributed by atoms with Crippen LogP contribution >= 0.6 is 0 Å². The summed E-state index contributed by atoms with van der Waals surface area (Å²) in [5.74, 6) is 0.0599. The van der Waals surface area contributed by atoms with Crippen LogP contribution < -0.4 is 4.31 Å². The average molecular weight is 331 g/mol. The van der Waals surface area contributed by atoms with Gasteiger partial charge in [-0.25, -0.2) is 8.42 Å². The Morgan fingerprint density at radius 3 is 2.39 bits per heavy atom. The van der Waals surface area contributed by atoms with Gasteiger partial charge >= 0.3 is 0 Å². The van der Waals surface area contributed by atoms with Crippen molar-refractivity contribution in [2.24, 2.45) is 0 Å². The molecule has 1 aliphatic heterocycles. The normalized spacial score (nSPS) is 17.9. The van der Waals surface area contributed by atoms with Crippen molar-refractivity contribution in [3.63, 3.8) is 0 Å². The fourth-order valence-corrected chi connectivity index (χ4v) is 4.78. The molecule has 4 nitrogen and oxygen atoms in total. The lowest BCUT2D eigenvalue weighted by Crippen LogP contribution is -2.42. The van der Waals surface area contributed by atoms with Crippen LogP contribution in [0.2, 0.25) is 0 Å². The van der Waals surface area contributed by atoms with Crippen LogP contribution in [0.4, 0.5) is 5.69 Å². The zero-order valence-electron chi connectivity index (χ0n) is 13.6. The van der Waals surface area contributed by atoms with Crippen molar-refractivity contribution in [2.75, 3.05) is 4.31 Å². The summed E-state index contributed by atoms with van der Waals surface area (Å²) in [6, 6.07) is 10.4. The van der Waals surface area contributed by atoms with Gasteiger partial charge in [-0.15, -0.1) is 0 Å². The van der Waals surface area contributed by atoms with Gasteiger partial charge in [-0.3, -0.25) is 4.31 Å². The predicted molar refractivity (Wildman–Crippen MR) is 91.5 cm³/mol. The first kappa shape index (κ1) is 15.9. The third-order valence-electron chi connectivity index (χ3n) is 4.47. The first-order valence-electron chi connectivity index (χ1n) is 7.75. The van der Waals surface area contributed by atoms with E-state index < -0.39 is 10.0 Å². The zero-order chi connectivity index (χ0) is 16.8. The fraction of sp³-hybridized carbons (Fsp3) is 0.333. The Bertz CT molecular complexity index is 841. The first-order valence-corrected chi connectivity index (χ1v) is 9.19. The predicted octanol–water partition coefficient (Wildman–Crippen LogP) is 3.54. The minimum atomic E-state index is -3.71. The average Bonchev–Trinajstić information content (AvgIpc) is 2.51. The second-order valence-electron chi connectivity index (χ2n) is 6.24. The number of aromatic hydroxyl groups is 1. The molecule has 1 N–H and O–H groups in total. The highest BCUT2D eigenvalue weighted by atomic mass is 32.2. The second-order valence-corrected chi connectivity index (χ2v) is 8.06. The van der Waals surface area contributed by atoms with Crippen LogP contribution in [0.25, 0.3) is 0 Å². The summed E-state index contributed by atoms with van der Waals surface area (Å²) >= 11 is 0. The lowest BCUT2D eigenvalue weighted by Gasteiger charge is -2.36. The maximum Gasteiger partial charge on any atom is 0.264 e. The third-order valence-corrected chi connectivity index (χ3v) is 6.39. The summed E-state index contributed by atoms with van der Waals surface area (Å²) in [5.41, 5.74) is 3.00. The van der Waals surface area contributed by atoms with Crippen LogP contribution in [0.3, 0.4) is 0 Å². The number of sulfonamides is 1. The largest absolute Gasteiger partial charge is 0.505 e. The Kier molecular flexibility index (Phi) is 3.84. The maximum atomic E-state index is 13.2. The number of anilines is 1. The molecule has 5 heteroatoms. The molecular weight excluding hydrogens is 310 g/mol. The molecule has 0 aliphatic carbocycles. The van der Waals surface area contributed by atoms with Crippen molar-refractivity contribution in [1.82, 2.24) is 0 Å². The molecular formula is C18H21NO3S. The van der Waals surface area contributed by atoms with E-state index in [-0.39, 0.29) is 16.7 Å². The van der Waals surface area contributed by atoms with Crippen LogP contribution in [0.15, 0.2) is 41.3 Å². The van der Waals surface area contributed by atoms with Crippen molar-refractivity contribution < 1.29 is 13.5 Å². The lowest BCUT2D eigenvalue weighted by atomic mass is 9.97. The van der Waals surface area contributed by atoms with Crippen molar-refractivity contribution in [3.05, 3.63) is 53.1 Å². The molecule has 2 aromatic carbocycles. The van der Waals surface area contributed by atoms with E-state index in [9.17, 15) is 13.5 Å². The Morgan fingerprint density at radius 2 is 1.74 bits per heavy atom. The molecule has 0 saturated heterocycles. The van der Waals surface area contributed by atoms with Crippen LogP contribution in [-0.4, -0.2) is 19.6 Å². The quantitative estimate of drug-likeness (QED) is 0.916. The summed E-state index contributed by atoms with van der Waals surface area (Å²) in [4.78, 5) is 0.253. The molecule has 0 radical (unpaired) electrons. The number of benzene rings is 2. The van der Waals surface area contributed by atoms with Gasteiger partial charge in [-0.2, -0.15) is 0 Å². The monoisotopic (exact) mass is 331 g/mol. The number of fused-ring (bicyclic) bond motifs is 1. The highest BCUT2D eigenvalue weighted by Gasteiger charge is 2.36. The van der Waals surface area contributed by atoms with Gasteiger partial charge in [-0.1, -0.05) is 29.8 Å². The molecule has 0 bridgehead atoms.